The highest BCUT2D eigenvalue weighted by atomic mass is 16.5. The van der Waals surface area contributed by atoms with Crippen molar-refractivity contribution in [1.82, 2.24) is 0 Å². The third-order valence-corrected chi connectivity index (χ3v) is 6.55. The fraction of sp³-hybridized carbons (Fsp3) is 0.500. The molecule has 2 unspecified atom stereocenters. The summed E-state index contributed by atoms with van der Waals surface area (Å²) in [6.07, 6.45) is 10.4. The van der Waals surface area contributed by atoms with Crippen LogP contribution in [-0.4, -0.2) is 6.61 Å². The first kappa shape index (κ1) is 16.7. The van der Waals surface area contributed by atoms with E-state index in [-0.39, 0.29) is 0 Å². The van der Waals surface area contributed by atoms with Gasteiger partial charge in [-0.15, -0.1) is 0 Å². The summed E-state index contributed by atoms with van der Waals surface area (Å²) in [7, 11) is 0. The van der Waals surface area contributed by atoms with E-state index in [1.165, 1.54) is 49.3 Å². The summed E-state index contributed by atoms with van der Waals surface area (Å²) < 4.78 is 5.66. The first-order valence-electron chi connectivity index (χ1n) is 10.0. The van der Waals surface area contributed by atoms with Gasteiger partial charge in [0.2, 0.25) is 0 Å². The fourth-order valence-electron chi connectivity index (χ4n) is 5.17. The number of hydrogen-bond donors (Lipinski definition) is 0. The van der Waals surface area contributed by atoms with Crippen molar-refractivity contribution in [2.45, 2.75) is 51.4 Å². The highest BCUT2D eigenvalue weighted by Crippen LogP contribution is 2.47. The number of hydrogen-bond acceptors (Lipinski definition) is 1. The summed E-state index contributed by atoms with van der Waals surface area (Å²) in [6, 6.07) is 13.5. The third kappa shape index (κ3) is 3.61. The summed E-state index contributed by atoms with van der Waals surface area (Å²) in [4.78, 5) is 0. The van der Waals surface area contributed by atoms with E-state index in [2.05, 4.69) is 49.9 Å². The van der Waals surface area contributed by atoms with Crippen LogP contribution in [0.25, 0.3) is 10.8 Å². The van der Waals surface area contributed by atoms with Crippen LogP contribution in [0.3, 0.4) is 0 Å². The molecule has 4 rings (SSSR count). The lowest BCUT2D eigenvalue weighted by atomic mass is 9.64. The van der Waals surface area contributed by atoms with Gasteiger partial charge in [0, 0.05) is 0 Å². The number of benzene rings is 2. The zero-order valence-corrected chi connectivity index (χ0v) is 15.4. The molecular weight excluding hydrogens is 304 g/mol. The maximum absolute atomic E-state index is 5.66. The van der Waals surface area contributed by atoms with Crippen molar-refractivity contribution >= 4 is 10.8 Å². The Balaban J connectivity index is 1.51. The van der Waals surface area contributed by atoms with Crippen LogP contribution in [0, 0.1) is 17.8 Å². The minimum Gasteiger partial charge on any atom is -0.490 e. The highest BCUT2D eigenvalue weighted by Gasteiger charge is 2.34. The van der Waals surface area contributed by atoms with Crippen molar-refractivity contribution in [3.63, 3.8) is 0 Å². The fourth-order valence-corrected chi connectivity index (χ4v) is 5.17. The van der Waals surface area contributed by atoms with E-state index in [1.807, 2.05) is 0 Å². The SMILES string of the molecule is C=CCOc1ccc2cc([C@@H]3CC[C@@H]4CC(C)CCC4C3)ccc2c1. The van der Waals surface area contributed by atoms with Gasteiger partial charge in [0.25, 0.3) is 0 Å². The van der Waals surface area contributed by atoms with E-state index >= 15 is 0 Å². The second-order valence-corrected chi connectivity index (χ2v) is 8.32. The van der Waals surface area contributed by atoms with Gasteiger partial charge in [-0.3, -0.25) is 0 Å². The Bertz CT molecular complexity index is 747. The molecule has 2 saturated carbocycles. The van der Waals surface area contributed by atoms with Crippen LogP contribution in [0.2, 0.25) is 0 Å². The lowest BCUT2D eigenvalue weighted by Gasteiger charge is -2.41. The molecule has 4 atom stereocenters. The Morgan fingerprint density at radius 1 is 0.960 bits per heavy atom. The van der Waals surface area contributed by atoms with Crippen molar-refractivity contribution in [2.75, 3.05) is 6.61 Å². The van der Waals surface area contributed by atoms with Crippen LogP contribution in [0.1, 0.15) is 56.9 Å². The molecule has 1 nitrogen and oxygen atoms in total. The summed E-state index contributed by atoms with van der Waals surface area (Å²) in [5, 5.41) is 2.60. The predicted octanol–water partition coefficient (Wildman–Crippen LogP) is 6.72. The van der Waals surface area contributed by atoms with Gasteiger partial charge >= 0.3 is 0 Å². The molecule has 0 spiro atoms. The normalized spacial score (nSPS) is 29.2. The molecule has 2 aliphatic rings. The van der Waals surface area contributed by atoms with Gasteiger partial charge in [-0.05, 0) is 84.2 Å². The average molecular weight is 335 g/mol. The van der Waals surface area contributed by atoms with Crippen molar-refractivity contribution in [2.24, 2.45) is 17.8 Å². The van der Waals surface area contributed by atoms with E-state index in [0.29, 0.717) is 6.61 Å². The molecule has 2 aromatic rings. The number of ether oxygens (including phenoxy) is 1. The van der Waals surface area contributed by atoms with Gasteiger partial charge in [0.1, 0.15) is 12.4 Å². The van der Waals surface area contributed by atoms with Crippen LogP contribution in [0.4, 0.5) is 0 Å². The minimum absolute atomic E-state index is 0.562. The van der Waals surface area contributed by atoms with Crippen LogP contribution < -0.4 is 4.74 Å². The number of rotatable bonds is 4. The monoisotopic (exact) mass is 334 g/mol. The van der Waals surface area contributed by atoms with Crippen LogP contribution >= 0.6 is 0 Å². The summed E-state index contributed by atoms with van der Waals surface area (Å²) in [6.45, 7) is 6.71. The van der Waals surface area contributed by atoms with Crippen LogP contribution in [0.15, 0.2) is 49.1 Å². The molecule has 2 aliphatic carbocycles. The Labute approximate surface area is 152 Å². The van der Waals surface area contributed by atoms with Gasteiger partial charge in [-0.25, -0.2) is 0 Å². The van der Waals surface area contributed by atoms with Crippen molar-refractivity contribution in [3.05, 3.63) is 54.6 Å². The minimum atomic E-state index is 0.562. The quantitative estimate of drug-likeness (QED) is 0.564. The van der Waals surface area contributed by atoms with Crippen LogP contribution in [0.5, 0.6) is 5.75 Å². The zero-order valence-electron chi connectivity index (χ0n) is 15.4. The molecule has 0 radical (unpaired) electrons. The van der Waals surface area contributed by atoms with Crippen molar-refractivity contribution in [1.29, 1.82) is 0 Å². The molecule has 0 saturated heterocycles. The van der Waals surface area contributed by atoms with E-state index in [1.54, 1.807) is 11.6 Å². The standard InChI is InChI=1S/C24H30O/c1-3-12-25-24-11-10-22-15-21(8-9-23(22)16-24)20-7-6-18-13-17(2)4-5-19(18)14-20/h3,8-11,15-20H,1,4-7,12-14H2,2H3/t17?,18-,19?,20-/m1/s1. The average Bonchev–Trinajstić information content (AvgIpc) is 2.65. The first-order chi connectivity index (χ1) is 12.2. The molecule has 0 amide bonds. The molecule has 2 aromatic carbocycles. The van der Waals surface area contributed by atoms with Gasteiger partial charge in [0.15, 0.2) is 0 Å². The largest absolute Gasteiger partial charge is 0.490 e. The molecule has 0 N–H and O–H groups in total. The van der Waals surface area contributed by atoms with E-state index in [0.717, 1.165) is 29.4 Å². The summed E-state index contributed by atoms with van der Waals surface area (Å²) >= 11 is 0. The smallest absolute Gasteiger partial charge is 0.120 e. The Morgan fingerprint density at radius 3 is 2.60 bits per heavy atom. The lowest BCUT2D eigenvalue weighted by molar-refractivity contribution is 0.124. The molecule has 0 aromatic heterocycles. The number of fused-ring (bicyclic) bond motifs is 2. The van der Waals surface area contributed by atoms with Gasteiger partial charge in [-0.1, -0.05) is 50.3 Å². The molecule has 0 heterocycles. The second kappa shape index (κ2) is 7.23. The molecule has 0 aliphatic heterocycles. The Kier molecular flexibility index (Phi) is 4.83. The van der Waals surface area contributed by atoms with E-state index in [9.17, 15) is 0 Å². The van der Waals surface area contributed by atoms with Gasteiger partial charge < -0.3 is 4.74 Å². The molecular formula is C24H30O. The highest BCUT2D eigenvalue weighted by molar-refractivity contribution is 5.84. The molecule has 2 fully saturated rings. The molecule has 132 valence electrons. The molecule has 1 heteroatoms. The lowest BCUT2D eigenvalue weighted by Crippen LogP contribution is -2.29. The topological polar surface area (TPSA) is 9.23 Å². The van der Waals surface area contributed by atoms with E-state index in [4.69, 9.17) is 4.74 Å². The maximum atomic E-state index is 5.66. The predicted molar refractivity (Wildman–Crippen MR) is 106 cm³/mol. The maximum Gasteiger partial charge on any atom is 0.120 e. The summed E-state index contributed by atoms with van der Waals surface area (Å²) in [5.74, 6) is 4.62. The molecule has 25 heavy (non-hydrogen) atoms. The summed E-state index contributed by atoms with van der Waals surface area (Å²) in [5.41, 5.74) is 1.55. The van der Waals surface area contributed by atoms with Gasteiger partial charge in [0.05, 0.1) is 0 Å². The zero-order chi connectivity index (χ0) is 17.2. The van der Waals surface area contributed by atoms with E-state index < -0.39 is 0 Å². The first-order valence-corrected chi connectivity index (χ1v) is 10.0. The van der Waals surface area contributed by atoms with Gasteiger partial charge in [-0.2, -0.15) is 0 Å². The Morgan fingerprint density at radius 2 is 1.72 bits per heavy atom. The van der Waals surface area contributed by atoms with Crippen molar-refractivity contribution in [3.8, 4) is 5.75 Å². The Hall–Kier alpha value is -1.76. The second-order valence-electron chi connectivity index (χ2n) is 8.32. The molecule has 0 bridgehead atoms. The third-order valence-electron chi connectivity index (χ3n) is 6.55. The van der Waals surface area contributed by atoms with Crippen molar-refractivity contribution < 1.29 is 4.74 Å². The van der Waals surface area contributed by atoms with Crippen LogP contribution in [-0.2, 0) is 0 Å².